The van der Waals surface area contributed by atoms with Gasteiger partial charge < -0.3 is 4.57 Å². The van der Waals surface area contributed by atoms with Gasteiger partial charge in [0, 0.05) is 33.2 Å². The summed E-state index contributed by atoms with van der Waals surface area (Å²) in [7, 11) is -3.56. The van der Waals surface area contributed by atoms with E-state index in [1.165, 1.54) is 15.4 Å². The van der Waals surface area contributed by atoms with Gasteiger partial charge in [-0.25, -0.2) is 13.8 Å². The van der Waals surface area contributed by atoms with Gasteiger partial charge in [-0.15, -0.1) is 0 Å². The summed E-state index contributed by atoms with van der Waals surface area (Å²) in [6, 6.07) is 21.8. The second-order valence-corrected chi connectivity index (χ2v) is 12.0. The van der Waals surface area contributed by atoms with Crippen molar-refractivity contribution in [3.8, 4) is 5.69 Å². The number of anilines is 1. The molecule has 0 radical (unpaired) electrons. The lowest BCUT2D eigenvalue weighted by Crippen LogP contribution is -2.29. The summed E-state index contributed by atoms with van der Waals surface area (Å²) in [5.41, 5.74) is 10.6. The van der Waals surface area contributed by atoms with Crippen LogP contribution in [0.4, 0.5) is 5.69 Å². The number of aryl methyl sites for hydroxylation is 3. The van der Waals surface area contributed by atoms with Gasteiger partial charge in [-0.2, -0.15) is 5.10 Å². The van der Waals surface area contributed by atoms with Crippen LogP contribution in [-0.4, -0.2) is 31.4 Å². The fourth-order valence-corrected chi connectivity index (χ4v) is 5.57. The molecular formula is C30H31ClN4O3S. The third-order valence-electron chi connectivity index (χ3n) is 6.36. The van der Waals surface area contributed by atoms with Crippen molar-refractivity contribution in [2.24, 2.45) is 5.10 Å². The van der Waals surface area contributed by atoms with Crippen molar-refractivity contribution in [3.05, 3.63) is 117 Å². The van der Waals surface area contributed by atoms with Crippen molar-refractivity contribution in [1.29, 1.82) is 0 Å². The maximum atomic E-state index is 12.7. The maximum Gasteiger partial charge on any atom is 0.271 e. The lowest BCUT2D eigenvalue weighted by Gasteiger charge is -2.22. The van der Waals surface area contributed by atoms with Crippen molar-refractivity contribution >= 4 is 39.4 Å². The van der Waals surface area contributed by atoms with Crippen molar-refractivity contribution in [2.45, 2.75) is 34.2 Å². The Morgan fingerprint density at radius 3 is 2.15 bits per heavy atom. The Morgan fingerprint density at radius 1 is 0.949 bits per heavy atom. The van der Waals surface area contributed by atoms with E-state index >= 15 is 0 Å². The average Bonchev–Trinajstić information content (AvgIpc) is 3.15. The van der Waals surface area contributed by atoms with Crippen LogP contribution in [0.5, 0.6) is 0 Å². The number of carbonyl (C=O) groups excluding carboxylic acids is 1. The summed E-state index contributed by atoms with van der Waals surface area (Å²) in [5.74, 6) is -0.399. The highest BCUT2D eigenvalue weighted by Gasteiger charge is 2.18. The van der Waals surface area contributed by atoms with Crippen LogP contribution in [0.1, 0.15) is 44.0 Å². The first-order valence-electron chi connectivity index (χ1n) is 12.4. The quantitative estimate of drug-likeness (QED) is 0.208. The summed E-state index contributed by atoms with van der Waals surface area (Å²) in [6.07, 6.45) is 2.78. The van der Waals surface area contributed by atoms with Gasteiger partial charge in [-0.05, 0) is 99.0 Å². The maximum absolute atomic E-state index is 12.7. The molecule has 0 unspecified atom stereocenters. The molecule has 0 fully saturated rings. The first-order chi connectivity index (χ1) is 18.4. The van der Waals surface area contributed by atoms with Crippen molar-refractivity contribution in [3.63, 3.8) is 0 Å². The smallest absolute Gasteiger partial charge is 0.271 e. The van der Waals surface area contributed by atoms with Gasteiger partial charge in [0.05, 0.1) is 24.7 Å². The molecule has 7 nitrogen and oxygen atoms in total. The number of aromatic nitrogens is 1. The topological polar surface area (TPSA) is 83.8 Å². The van der Waals surface area contributed by atoms with E-state index in [1.807, 2.05) is 19.9 Å². The summed E-state index contributed by atoms with van der Waals surface area (Å²) < 4.78 is 28.4. The van der Waals surface area contributed by atoms with Crippen LogP contribution in [0, 0.1) is 27.7 Å². The van der Waals surface area contributed by atoms with Crippen LogP contribution in [0.25, 0.3) is 5.69 Å². The van der Waals surface area contributed by atoms with Crippen LogP contribution < -0.4 is 9.73 Å². The van der Waals surface area contributed by atoms with E-state index in [2.05, 4.69) is 47.1 Å². The average molecular weight is 563 g/mol. The highest BCUT2D eigenvalue weighted by molar-refractivity contribution is 7.92. The minimum Gasteiger partial charge on any atom is -0.318 e. The molecule has 1 amide bonds. The number of hydrazone groups is 1. The molecule has 0 saturated carbocycles. The molecule has 39 heavy (non-hydrogen) atoms. The van der Waals surface area contributed by atoms with Gasteiger partial charge in [0.25, 0.3) is 5.91 Å². The molecule has 0 aliphatic carbocycles. The number of carbonyl (C=O) groups is 1. The number of rotatable bonds is 8. The van der Waals surface area contributed by atoms with Crippen LogP contribution in [0.2, 0.25) is 5.02 Å². The van der Waals surface area contributed by atoms with E-state index < -0.39 is 15.9 Å². The molecule has 1 aromatic heterocycles. The summed E-state index contributed by atoms with van der Waals surface area (Å²) in [5, 5.41) is 4.74. The Balaban J connectivity index is 1.47. The van der Waals surface area contributed by atoms with E-state index in [0.29, 0.717) is 16.3 Å². The third kappa shape index (κ3) is 6.77. The zero-order chi connectivity index (χ0) is 28.3. The molecule has 1 heterocycles. The Hall–Kier alpha value is -3.88. The Bertz CT molecular complexity index is 1620. The molecule has 0 aliphatic heterocycles. The predicted octanol–water partition coefficient (Wildman–Crippen LogP) is 6.09. The molecule has 4 aromatic rings. The van der Waals surface area contributed by atoms with Gasteiger partial charge in [0.1, 0.15) is 0 Å². The van der Waals surface area contributed by atoms with Crippen LogP contribution >= 0.6 is 11.6 Å². The molecule has 1 N–H and O–H groups in total. The number of nitrogens with zero attached hydrogens (tertiary/aromatic N) is 3. The van der Waals surface area contributed by atoms with Crippen molar-refractivity contribution in [2.75, 3.05) is 10.6 Å². The number of hydrogen-bond donors (Lipinski definition) is 1. The molecule has 9 heteroatoms. The van der Waals surface area contributed by atoms with Crippen LogP contribution in [0.15, 0.2) is 77.9 Å². The fourth-order valence-electron chi connectivity index (χ4n) is 4.56. The SMILES string of the molecule is Cc1cc(C)cc(-n2c(C)cc(/C=N/NC(=O)c3ccc(N(Cc4ccc(Cl)cc4)S(C)(=O)=O)cc3)c2C)c1. The molecule has 0 aliphatic rings. The zero-order valence-corrected chi connectivity index (χ0v) is 24.1. The molecule has 3 aromatic carbocycles. The second kappa shape index (κ2) is 11.5. The number of nitrogens with one attached hydrogen (secondary N) is 1. The van der Waals surface area contributed by atoms with E-state index in [0.717, 1.165) is 34.5 Å². The molecule has 0 atom stereocenters. The highest BCUT2D eigenvalue weighted by atomic mass is 35.5. The Kier molecular flexibility index (Phi) is 8.28. The number of halogens is 1. The fraction of sp³-hybridized carbons (Fsp3) is 0.200. The number of benzene rings is 3. The van der Waals surface area contributed by atoms with Gasteiger partial charge in [0.15, 0.2) is 0 Å². The van der Waals surface area contributed by atoms with E-state index in [1.54, 1.807) is 54.7 Å². The summed E-state index contributed by atoms with van der Waals surface area (Å²) in [6.45, 7) is 8.35. The van der Waals surface area contributed by atoms with E-state index in [4.69, 9.17) is 11.6 Å². The normalized spacial score (nSPS) is 11.6. The van der Waals surface area contributed by atoms with E-state index in [9.17, 15) is 13.2 Å². The molecular weight excluding hydrogens is 532 g/mol. The molecule has 0 bridgehead atoms. The molecule has 0 spiro atoms. The van der Waals surface area contributed by atoms with Gasteiger partial charge in [0.2, 0.25) is 10.0 Å². The predicted molar refractivity (Wildman–Crippen MR) is 159 cm³/mol. The van der Waals surface area contributed by atoms with Crippen molar-refractivity contribution in [1.82, 2.24) is 9.99 Å². The molecule has 202 valence electrons. The lowest BCUT2D eigenvalue weighted by molar-refractivity contribution is 0.0955. The van der Waals surface area contributed by atoms with Gasteiger partial charge in [-0.1, -0.05) is 29.8 Å². The van der Waals surface area contributed by atoms with Crippen molar-refractivity contribution < 1.29 is 13.2 Å². The molecule has 0 saturated heterocycles. The lowest BCUT2D eigenvalue weighted by atomic mass is 10.1. The first kappa shape index (κ1) is 28.1. The van der Waals surface area contributed by atoms with Gasteiger partial charge >= 0.3 is 0 Å². The van der Waals surface area contributed by atoms with E-state index in [-0.39, 0.29) is 6.54 Å². The standard InChI is InChI=1S/C30H31ClN4O3S/c1-20-14-21(2)16-29(15-20)35-22(3)17-26(23(35)4)18-32-33-30(36)25-8-12-28(13-9-25)34(39(5,37)38)19-24-6-10-27(31)11-7-24/h6-18H,19H2,1-5H3,(H,33,36)/b32-18+. The Morgan fingerprint density at radius 2 is 1.56 bits per heavy atom. The first-order valence-corrected chi connectivity index (χ1v) is 14.6. The number of hydrogen-bond acceptors (Lipinski definition) is 4. The summed E-state index contributed by atoms with van der Waals surface area (Å²) >= 11 is 5.94. The minimum atomic E-state index is -3.56. The number of sulfonamides is 1. The van der Waals surface area contributed by atoms with Crippen LogP contribution in [0.3, 0.4) is 0 Å². The monoisotopic (exact) mass is 562 g/mol. The zero-order valence-electron chi connectivity index (χ0n) is 22.6. The largest absolute Gasteiger partial charge is 0.318 e. The minimum absolute atomic E-state index is 0.145. The second-order valence-electron chi connectivity index (χ2n) is 9.65. The van der Waals surface area contributed by atoms with Gasteiger partial charge in [-0.3, -0.25) is 9.10 Å². The Labute approximate surface area is 234 Å². The molecule has 4 rings (SSSR count). The highest BCUT2D eigenvalue weighted by Crippen LogP contribution is 2.23. The summed E-state index contributed by atoms with van der Waals surface area (Å²) in [4.78, 5) is 12.7. The number of amides is 1. The van der Waals surface area contributed by atoms with Crippen LogP contribution in [-0.2, 0) is 16.6 Å². The third-order valence-corrected chi connectivity index (χ3v) is 7.75.